The van der Waals surface area contributed by atoms with Crippen LogP contribution in [0.25, 0.3) is 0 Å². The topological polar surface area (TPSA) is 26.0 Å². The summed E-state index contributed by atoms with van der Waals surface area (Å²) < 4.78 is 24.2. The lowest BCUT2D eigenvalue weighted by atomic mass is 10.1. The second-order valence-corrected chi connectivity index (χ2v) is 3.54. The third kappa shape index (κ3) is 2.01. The van der Waals surface area contributed by atoms with Gasteiger partial charge in [-0.15, -0.1) is 11.3 Å². The molecule has 0 aromatic carbocycles. The normalized spacial score (nSPS) is 13.8. The first-order chi connectivity index (χ1) is 5.65. The molecule has 0 fully saturated rings. The summed E-state index contributed by atoms with van der Waals surface area (Å²) in [6, 6.07) is 1.39. The summed E-state index contributed by atoms with van der Waals surface area (Å²) in [6.45, 7) is 1.93. The molecule has 0 bridgehead atoms. The molecule has 1 heterocycles. The lowest BCUT2D eigenvalue weighted by Crippen LogP contribution is -2.06. The van der Waals surface area contributed by atoms with Crippen LogP contribution in [0.3, 0.4) is 0 Å². The van der Waals surface area contributed by atoms with Crippen molar-refractivity contribution in [1.82, 2.24) is 0 Å². The van der Waals surface area contributed by atoms with E-state index in [9.17, 15) is 8.78 Å². The van der Waals surface area contributed by atoms with E-state index in [1.165, 1.54) is 6.07 Å². The van der Waals surface area contributed by atoms with Crippen LogP contribution in [0.5, 0.6) is 0 Å². The zero-order chi connectivity index (χ0) is 9.14. The van der Waals surface area contributed by atoms with Crippen molar-refractivity contribution in [1.29, 1.82) is 0 Å². The number of rotatable bonds is 3. The molecule has 68 valence electrons. The number of hydrogen-bond acceptors (Lipinski definition) is 2. The molecule has 1 aromatic heterocycles. The summed E-state index contributed by atoms with van der Waals surface area (Å²) in [7, 11) is 0. The molecule has 1 unspecified atom stereocenters. The smallest absolute Gasteiger partial charge is 0.272 e. The number of alkyl halides is 2. The molecule has 0 radical (unpaired) electrons. The van der Waals surface area contributed by atoms with Crippen LogP contribution in [0.4, 0.5) is 8.78 Å². The van der Waals surface area contributed by atoms with Gasteiger partial charge in [-0.2, -0.15) is 0 Å². The number of hydrogen-bond donors (Lipinski definition) is 1. The van der Waals surface area contributed by atoms with Crippen LogP contribution in [-0.4, -0.2) is 0 Å². The van der Waals surface area contributed by atoms with Crippen LogP contribution >= 0.6 is 11.3 Å². The van der Waals surface area contributed by atoms with Crippen LogP contribution in [0.2, 0.25) is 0 Å². The summed E-state index contributed by atoms with van der Waals surface area (Å²) in [6.07, 6.45) is -1.59. The van der Waals surface area contributed by atoms with Crippen LogP contribution in [0.15, 0.2) is 11.4 Å². The average Bonchev–Trinajstić information content (AvgIpc) is 2.51. The lowest BCUT2D eigenvalue weighted by molar-refractivity contribution is 0.155. The molecule has 1 atom stereocenters. The second-order valence-electron chi connectivity index (χ2n) is 2.60. The van der Waals surface area contributed by atoms with E-state index in [1.807, 2.05) is 6.92 Å². The number of nitrogens with two attached hydrogens (primary N) is 1. The Bertz CT molecular complexity index is 247. The Labute approximate surface area is 74.2 Å². The van der Waals surface area contributed by atoms with Gasteiger partial charge in [-0.1, -0.05) is 6.92 Å². The molecule has 1 nitrogen and oxygen atoms in total. The highest BCUT2D eigenvalue weighted by molar-refractivity contribution is 7.10. The molecule has 12 heavy (non-hydrogen) atoms. The molecule has 0 saturated heterocycles. The predicted molar refractivity (Wildman–Crippen MR) is 46.5 cm³/mol. The van der Waals surface area contributed by atoms with Gasteiger partial charge in [0.2, 0.25) is 0 Å². The standard InChI is InChI=1S/C8H11F2NS/c1-2-6(11)5-3-7(8(9)10)12-4-5/h3-4,6,8H,2,11H2,1H3. The maximum absolute atomic E-state index is 12.1. The molecule has 0 aliphatic heterocycles. The van der Waals surface area contributed by atoms with Crippen molar-refractivity contribution in [2.24, 2.45) is 5.73 Å². The fraction of sp³-hybridized carbons (Fsp3) is 0.500. The maximum Gasteiger partial charge on any atom is 0.272 e. The van der Waals surface area contributed by atoms with Gasteiger partial charge in [0.15, 0.2) is 0 Å². The van der Waals surface area contributed by atoms with Gasteiger partial charge in [0.05, 0.1) is 4.88 Å². The molecule has 0 aliphatic rings. The first-order valence-corrected chi connectivity index (χ1v) is 4.65. The molecular weight excluding hydrogens is 180 g/mol. The van der Waals surface area contributed by atoms with Crippen molar-refractivity contribution in [2.45, 2.75) is 25.8 Å². The van der Waals surface area contributed by atoms with Crippen LogP contribution in [0.1, 0.15) is 36.3 Å². The first-order valence-electron chi connectivity index (χ1n) is 3.77. The molecule has 0 amide bonds. The van der Waals surface area contributed by atoms with Crippen LogP contribution in [-0.2, 0) is 0 Å². The molecule has 1 aromatic rings. The van der Waals surface area contributed by atoms with Gasteiger partial charge in [0, 0.05) is 6.04 Å². The quantitative estimate of drug-likeness (QED) is 0.780. The molecule has 4 heteroatoms. The summed E-state index contributed by atoms with van der Waals surface area (Å²) in [5, 5.41) is 1.70. The van der Waals surface area contributed by atoms with Gasteiger partial charge in [0.1, 0.15) is 0 Å². The maximum atomic E-state index is 12.1. The van der Waals surface area contributed by atoms with Gasteiger partial charge in [0.25, 0.3) is 6.43 Å². The van der Waals surface area contributed by atoms with Gasteiger partial charge in [-0.05, 0) is 23.4 Å². The van der Waals surface area contributed by atoms with E-state index < -0.39 is 6.43 Å². The third-order valence-electron chi connectivity index (χ3n) is 1.72. The number of halogens is 2. The molecule has 0 spiro atoms. The van der Waals surface area contributed by atoms with Crippen molar-refractivity contribution in [2.75, 3.05) is 0 Å². The zero-order valence-electron chi connectivity index (χ0n) is 6.76. The summed E-state index contributed by atoms with van der Waals surface area (Å²) in [4.78, 5) is 0.105. The van der Waals surface area contributed by atoms with Crippen molar-refractivity contribution >= 4 is 11.3 Å². The minimum Gasteiger partial charge on any atom is -0.324 e. The fourth-order valence-corrected chi connectivity index (χ4v) is 1.73. The minimum absolute atomic E-state index is 0.103. The lowest BCUT2D eigenvalue weighted by Gasteiger charge is -2.03. The Balaban J connectivity index is 2.77. The van der Waals surface area contributed by atoms with E-state index in [0.29, 0.717) is 0 Å². The minimum atomic E-state index is -2.37. The molecule has 0 aliphatic carbocycles. The Morgan fingerprint density at radius 2 is 2.25 bits per heavy atom. The van der Waals surface area contributed by atoms with Crippen LogP contribution in [0, 0.1) is 0 Å². The zero-order valence-corrected chi connectivity index (χ0v) is 7.57. The monoisotopic (exact) mass is 191 g/mol. The van der Waals surface area contributed by atoms with Crippen molar-refractivity contribution in [3.63, 3.8) is 0 Å². The Hall–Kier alpha value is -0.480. The summed E-state index contributed by atoms with van der Waals surface area (Å²) in [5.41, 5.74) is 6.49. The molecule has 0 saturated carbocycles. The van der Waals surface area contributed by atoms with E-state index in [-0.39, 0.29) is 10.9 Å². The second kappa shape index (κ2) is 3.96. The largest absolute Gasteiger partial charge is 0.324 e. The summed E-state index contributed by atoms with van der Waals surface area (Å²) >= 11 is 1.07. The Morgan fingerprint density at radius 3 is 2.67 bits per heavy atom. The van der Waals surface area contributed by atoms with E-state index in [1.54, 1.807) is 5.38 Å². The highest BCUT2D eigenvalue weighted by atomic mass is 32.1. The van der Waals surface area contributed by atoms with Gasteiger partial charge < -0.3 is 5.73 Å². The molecule has 2 N–H and O–H groups in total. The van der Waals surface area contributed by atoms with Gasteiger partial charge in [-0.3, -0.25) is 0 Å². The summed E-state index contributed by atoms with van der Waals surface area (Å²) in [5.74, 6) is 0. The SMILES string of the molecule is CCC(N)c1csc(C(F)F)c1. The average molecular weight is 191 g/mol. The third-order valence-corrected chi connectivity index (χ3v) is 2.68. The van der Waals surface area contributed by atoms with E-state index in [2.05, 4.69) is 0 Å². The Morgan fingerprint density at radius 1 is 1.58 bits per heavy atom. The van der Waals surface area contributed by atoms with Gasteiger partial charge in [-0.25, -0.2) is 8.78 Å². The molecule has 1 rings (SSSR count). The van der Waals surface area contributed by atoms with Crippen molar-refractivity contribution in [3.8, 4) is 0 Å². The van der Waals surface area contributed by atoms with Gasteiger partial charge >= 0.3 is 0 Å². The van der Waals surface area contributed by atoms with E-state index >= 15 is 0 Å². The van der Waals surface area contributed by atoms with E-state index in [0.717, 1.165) is 23.3 Å². The number of thiophene rings is 1. The molecular formula is C8H11F2NS. The first kappa shape index (κ1) is 9.61. The highest BCUT2D eigenvalue weighted by Gasteiger charge is 2.12. The van der Waals surface area contributed by atoms with E-state index in [4.69, 9.17) is 5.73 Å². The highest BCUT2D eigenvalue weighted by Crippen LogP contribution is 2.28. The Kier molecular flexibility index (Phi) is 3.17. The fourth-order valence-electron chi connectivity index (χ4n) is 0.913. The van der Waals surface area contributed by atoms with Crippen molar-refractivity contribution < 1.29 is 8.78 Å². The van der Waals surface area contributed by atoms with Crippen LogP contribution < -0.4 is 5.73 Å². The van der Waals surface area contributed by atoms with Crippen molar-refractivity contribution in [3.05, 3.63) is 21.9 Å². The predicted octanol–water partition coefficient (Wildman–Crippen LogP) is 3.10.